The molecule has 3 nitrogen and oxygen atoms in total. The van der Waals surface area contributed by atoms with Gasteiger partial charge in [-0.1, -0.05) is 31.2 Å². The lowest BCUT2D eigenvalue weighted by molar-refractivity contribution is -0.144. The number of fused-ring (bicyclic) bond motifs is 1. The Hall–Kier alpha value is -1.61. The summed E-state index contributed by atoms with van der Waals surface area (Å²) in [5.74, 6) is 1.56. The number of piperidine rings is 1. The minimum Gasteiger partial charge on any atom is -0.488 e. The van der Waals surface area contributed by atoms with Gasteiger partial charge in [0.15, 0.2) is 0 Å². The molecule has 5 unspecified atom stereocenters. The fourth-order valence-electron chi connectivity index (χ4n) is 8.71. The number of Topliss-reactive ketones (excluding diaryl/α,β-unsaturated/α-hetero) is 1. The molecule has 2 saturated carbocycles. The molecule has 1 aromatic carbocycles. The number of hydrogen-bond acceptors (Lipinski definition) is 3. The smallest absolute Gasteiger partial charge is 0.133 e. The van der Waals surface area contributed by atoms with Gasteiger partial charge < -0.3 is 4.74 Å². The van der Waals surface area contributed by atoms with Crippen molar-refractivity contribution in [1.82, 2.24) is 4.90 Å². The number of rotatable bonds is 1. The fraction of sp³-hybridized carbons (Fsp3) is 0.609. The van der Waals surface area contributed by atoms with Gasteiger partial charge >= 0.3 is 0 Å². The molecule has 5 aliphatic carbocycles. The summed E-state index contributed by atoms with van der Waals surface area (Å²) in [4.78, 5) is 15.3. The number of ether oxygens (including phenoxy) is 1. The fourth-order valence-corrected chi connectivity index (χ4v) is 8.71. The first-order valence-electron chi connectivity index (χ1n) is 10.1. The van der Waals surface area contributed by atoms with Gasteiger partial charge in [0.1, 0.15) is 17.6 Å². The van der Waals surface area contributed by atoms with Crippen LogP contribution in [0.3, 0.4) is 0 Å². The number of ketones is 1. The van der Waals surface area contributed by atoms with Crippen LogP contribution < -0.4 is 4.74 Å². The largest absolute Gasteiger partial charge is 0.488 e. The number of carbonyl (C=O) groups excluding carboxylic acids is 1. The maximum absolute atomic E-state index is 12.7. The van der Waals surface area contributed by atoms with Crippen molar-refractivity contribution >= 4 is 5.78 Å². The Kier molecular flexibility index (Phi) is 1.98. The third-order valence-electron chi connectivity index (χ3n) is 9.59. The number of likely N-dealkylation sites (tertiary alicyclic amines) is 1. The molecule has 8 rings (SSSR count). The maximum atomic E-state index is 12.7. The highest BCUT2D eigenvalue weighted by Crippen LogP contribution is 2.84. The van der Waals surface area contributed by atoms with Crippen molar-refractivity contribution in [2.75, 3.05) is 7.05 Å². The van der Waals surface area contributed by atoms with E-state index in [0.29, 0.717) is 11.8 Å². The van der Waals surface area contributed by atoms with E-state index in [1.54, 1.807) is 6.92 Å². The molecule has 0 aromatic heterocycles. The Morgan fingerprint density at radius 3 is 2.88 bits per heavy atom. The van der Waals surface area contributed by atoms with E-state index in [9.17, 15) is 4.79 Å². The summed E-state index contributed by atoms with van der Waals surface area (Å²) in [7, 11) is 2.30. The summed E-state index contributed by atoms with van der Waals surface area (Å²) >= 11 is 0. The van der Waals surface area contributed by atoms with Gasteiger partial charge in [0.2, 0.25) is 0 Å². The SMILES string of the molecule is CC(=O)C1CC23C=CC1(C)C1Oc4c(C)ccc5c4[C@@]12CC1(C5)[C@H]3[N@]1C. The van der Waals surface area contributed by atoms with Gasteiger partial charge in [-0.25, -0.2) is 0 Å². The first kappa shape index (κ1) is 14.4. The van der Waals surface area contributed by atoms with Crippen LogP contribution in [0.15, 0.2) is 24.3 Å². The van der Waals surface area contributed by atoms with Crippen LogP contribution in [0.5, 0.6) is 5.75 Å². The number of benzene rings is 1. The molecular weight excluding hydrogens is 322 g/mol. The molecular formula is C23H25NO2. The summed E-state index contributed by atoms with van der Waals surface area (Å²) in [6.45, 7) is 6.26. The Morgan fingerprint density at radius 1 is 1.31 bits per heavy atom. The van der Waals surface area contributed by atoms with Crippen LogP contribution in [0.4, 0.5) is 0 Å². The zero-order valence-electron chi connectivity index (χ0n) is 15.9. The van der Waals surface area contributed by atoms with E-state index in [-0.39, 0.29) is 33.8 Å². The number of likely N-dealkylation sites (N-methyl/N-ethyl adjacent to an activating group) is 1. The van der Waals surface area contributed by atoms with Crippen LogP contribution in [0, 0.1) is 23.7 Å². The zero-order chi connectivity index (χ0) is 17.9. The molecule has 4 bridgehead atoms. The van der Waals surface area contributed by atoms with Gasteiger partial charge in [-0.15, -0.1) is 0 Å². The molecule has 2 aliphatic heterocycles. The molecule has 1 aromatic rings. The molecule has 3 heteroatoms. The second-order valence-corrected chi connectivity index (χ2v) is 10.3. The standard InChI is InChI=1S/C23H25NO2/c1-12-5-6-14-9-22-11-23-16(14)17(12)26-19(23)20(3)7-8-21(23,18(22)24(22)4)10-15(20)13(2)25/h5-8,15,18-19H,9-11H2,1-4H3/t15?,18-,19?,20?,21?,22?,23-,24-/m0/s1. The van der Waals surface area contributed by atoms with Crippen LogP contribution in [0.2, 0.25) is 0 Å². The predicted octanol–water partition coefficient (Wildman–Crippen LogP) is 3.18. The van der Waals surface area contributed by atoms with Crippen molar-refractivity contribution in [2.45, 2.75) is 63.1 Å². The van der Waals surface area contributed by atoms with E-state index in [1.165, 1.54) is 23.1 Å². The number of carbonyl (C=O) groups is 1. The first-order chi connectivity index (χ1) is 12.3. The molecule has 0 radical (unpaired) electrons. The van der Waals surface area contributed by atoms with Crippen molar-refractivity contribution in [3.8, 4) is 5.75 Å². The number of aryl methyl sites for hydroxylation is 1. The maximum Gasteiger partial charge on any atom is 0.133 e. The average Bonchev–Trinajstić information content (AvgIpc) is 2.92. The molecule has 2 heterocycles. The summed E-state index contributed by atoms with van der Waals surface area (Å²) in [6.07, 6.45) is 8.37. The third-order valence-corrected chi connectivity index (χ3v) is 9.59. The van der Waals surface area contributed by atoms with Gasteiger partial charge in [0, 0.05) is 39.3 Å². The Labute approximate surface area is 154 Å². The highest BCUT2D eigenvalue weighted by Gasteiger charge is 2.89. The molecule has 1 saturated heterocycles. The van der Waals surface area contributed by atoms with Crippen molar-refractivity contribution in [3.63, 3.8) is 0 Å². The molecule has 3 spiro atoms. The summed E-state index contributed by atoms with van der Waals surface area (Å²) in [6, 6.07) is 5.16. The summed E-state index contributed by atoms with van der Waals surface area (Å²) < 4.78 is 6.84. The lowest BCUT2D eigenvalue weighted by Crippen LogP contribution is -2.68. The molecule has 8 atom stereocenters. The zero-order valence-corrected chi connectivity index (χ0v) is 15.9. The van der Waals surface area contributed by atoms with Gasteiger partial charge in [0.25, 0.3) is 0 Å². The Balaban J connectivity index is 1.62. The van der Waals surface area contributed by atoms with E-state index in [4.69, 9.17) is 4.74 Å². The van der Waals surface area contributed by atoms with Gasteiger partial charge in [-0.3, -0.25) is 9.69 Å². The van der Waals surface area contributed by atoms with E-state index in [1.807, 2.05) is 0 Å². The number of hydrogen-bond donors (Lipinski definition) is 0. The molecule has 0 amide bonds. The van der Waals surface area contributed by atoms with E-state index < -0.39 is 0 Å². The van der Waals surface area contributed by atoms with Crippen molar-refractivity contribution in [1.29, 1.82) is 0 Å². The quantitative estimate of drug-likeness (QED) is 0.577. The first-order valence-corrected chi connectivity index (χ1v) is 10.1. The minimum atomic E-state index is -0.190. The van der Waals surface area contributed by atoms with E-state index >= 15 is 0 Å². The minimum absolute atomic E-state index is 0.0603. The summed E-state index contributed by atoms with van der Waals surface area (Å²) in [5, 5.41) is 0. The van der Waals surface area contributed by atoms with Crippen LogP contribution in [0.1, 0.15) is 43.4 Å². The monoisotopic (exact) mass is 347 g/mol. The van der Waals surface area contributed by atoms with Gasteiger partial charge in [-0.05, 0) is 51.3 Å². The predicted molar refractivity (Wildman–Crippen MR) is 98.3 cm³/mol. The molecule has 0 N–H and O–H groups in total. The lowest BCUT2D eigenvalue weighted by Gasteiger charge is -2.63. The third kappa shape index (κ3) is 1.04. The molecule has 26 heavy (non-hydrogen) atoms. The lowest BCUT2D eigenvalue weighted by atomic mass is 9.40. The summed E-state index contributed by atoms with van der Waals surface area (Å²) in [5.41, 5.74) is 4.52. The Morgan fingerprint density at radius 2 is 2.12 bits per heavy atom. The molecule has 3 fully saturated rings. The van der Waals surface area contributed by atoms with Crippen LogP contribution >= 0.6 is 0 Å². The second kappa shape index (κ2) is 3.56. The van der Waals surface area contributed by atoms with Crippen molar-refractivity contribution < 1.29 is 9.53 Å². The molecule has 134 valence electrons. The van der Waals surface area contributed by atoms with Crippen LogP contribution in [0.25, 0.3) is 0 Å². The van der Waals surface area contributed by atoms with Gasteiger partial charge in [-0.2, -0.15) is 0 Å². The van der Waals surface area contributed by atoms with Crippen molar-refractivity contribution in [3.05, 3.63) is 41.0 Å². The van der Waals surface area contributed by atoms with Crippen LogP contribution in [-0.4, -0.2) is 35.4 Å². The topological polar surface area (TPSA) is 29.3 Å². The molecule has 7 aliphatic rings. The van der Waals surface area contributed by atoms with Crippen LogP contribution in [-0.2, 0) is 16.6 Å². The van der Waals surface area contributed by atoms with E-state index in [0.717, 1.165) is 18.6 Å². The van der Waals surface area contributed by atoms with Gasteiger partial charge in [0.05, 0.1) is 0 Å². The second-order valence-electron chi connectivity index (χ2n) is 10.3. The number of nitrogens with zero attached hydrogens (tertiary/aromatic N) is 1. The normalized spacial score (nSPS) is 55.4. The van der Waals surface area contributed by atoms with Crippen molar-refractivity contribution in [2.24, 2.45) is 16.7 Å². The van der Waals surface area contributed by atoms with E-state index in [2.05, 4.69) is 50.1 Å². The highest BCUT2D eigenvalue weighted by molar-refractivity contribution is 5.82. The Bertz CT molecular complexity index is 981. The highest BCUT2D eigenvalue weighted by atomic mass is 16.5. The average molecular weight is 347 g/mol.